The topological polar surface area (TPSA) is 102 Å². The molecule has 8 heteroatoms. The highest BCUT2D eigenvalue weighted by molar-refractivity contribution is 5.98. The number of nitro benzene ring substituents is 1. The van der Waals surface area contributed by atoms with E-state index >= 15 is 0 Å². The van der Waals surface area contributed by atoms with Gasteiger partial charge in [0.05, 0.1) is 18.0 Å². The Labute approximate surface area is 155 Å². The lowest BCUT2D eigenvalue weighted by Gasteiger charge is -2.16. The molecule has 8 nitrogen and oxygen atoms in total. The number of anilines is 1. The van der Waals surface area contributed by atoms with Crippen LogP contribution in [0.4, 0.5) is 11.4 Å². The molecule has 140 valence electrons. The maximum atomic E-state index is 12.6. The van der Waals surface area contributed by atoms with Crippen molar-refractivity contribution < 1.29 is 19.2 Å². The summed E-state index contributed by atoms with van der Waals surface area (Å²) < 4.78 is 5.06. The molecule has 0 unspecified atom stereocenters. The maximum Gasteiger partial charge on any atom is 0.293 e. The Balaban J connectivity index is 1.70. The fourth-order valence-corrected chi connectivity index (χ4v) is 3.04. The zero-order valence-corrected chi connectivity index (χ0v) is 14.8. The molecule has 1 aliphatic rings. The zero-order chi connectivity index (χ0) is 19.4. The lowest BCUT2D eigenvalue weighted by Crippen LogP contribution is -2.28. The number of ether oxygens (including phenoxy) is 1. The van der Waals surface area contributed by atoms with Gasteiger partial charge in [0.15, 0.2) is 0 Å². The van der Waals surface area contributed by atoms with E-state index in [4.69, 9.17) is 4.74 Å². The van der Waals surface area contributed by atoms with Gasteiger partial charge in [-0.05, 0) is 11.6 Å². The summed E-state index contributed by atoms with van der Waals surface area (Å²) in [6, 6.07) is 13.6. The number of methoxy groups -OCH3 is 1. The average Bonchev–Trinajstić information content (AvgIpc) is 3.03. The van der Waals surface area contributed by atoms with Crippen LogP contribution in [0.15, 0.2) is 48.5 Å². The SMILES string of the molecule is COc1ccc([N+](=O)[O-])c(NC(=O)[C@@H]2CC(=O)N(Cc3ccccc3)C2)c1. The molecular formula is C19H19N3O5. The summed E-state index contributed by atoms with van der Waals surface area (Å²) in [6.07, 6.45) is 0.0798. The normalized spacial score (nSPS) is 16.3. The molecular weight excluding hydrogens is 350 g/mol. The van der Waals surface area contributed by atoms with Crippen LogP contribution in [0.2, 0.25) is 0 Å². The summed E-state index contributed by atoms with van der Waals surface area (Å²) in [7, 11) is 1.43. The number of nitrogens with one attached hydrogen (secondary N) is 1. The fourth-order valence-electron chi connectivity index (χ4n) is 3.04. The first-order chi connectivity index (χ1) is 13.0. The monoisotopic (exact) mass is 369 g/mol. The molecule has 2 aromatic carbocycles. The summed E-state index contributed by atoms with van der Waals surface area (Å²) >= 11 is 0. The van der Waals surface area contributed by atoms with Gasteiger partial charge in [-0.15, -0.1) is 0 Å². The van der Waals surface area contributed by atoms with E-state index in [9.17, 15) is 19.7 Å². The second-order valence-electron chi connectivity index (χ2n) is 6.29. The Kier molecular flexibility index (Phi) is 5.35. The lowest BCUT2D eigenvalue weighted by atomic mass is 10.1. The molecule has 2 amide bonds. The smallest absolute Gasteiger partial charge is 0.293 e. The Morgan fingerprint density at radius 1 is 1.30 bits per heavy atom. The molecule has 1 atom stereocenters. The van der Waals surface area contributed by atoms with Gasteiger partial charge in [-0.1, -0.05) is 30.3 Å². The molecule has 3 rings (SSSR count). The number of likely N-dealkylation sites (tertiary alicyclic amines) is 1. The van der Waals surface area contributed by atoms with Crippen LogP contribution in [-0.4, -0.2) is 35.3 Å². The highest BCUT2D eigenvalue weighted by Gasteiger charge is 2.35. The lowest BCUT2D eigenvalue weighted by molar-refractivity contribution is -0.383. The number of rotatable bonds is 6. The third kappa shape index (κ3) is 4.22. The van der Waals surface area contributed by atoms with Crippen LogP contribution in [0.3, 0.4) is 0 Å². The summed E-state index contributed by atoms with van der Waals surface area (Å²) in [4.78, 5) is 37.1. The van der Waals surface area contributed by atoms with Crippen LogP contribution in [0, 0.1) is 16.0 Å². The van der Waals surface area contributed by atoms with Crippen molar-refractivity contribution in [2.75, 3.05) is 19.0 Å². The van der Waals surface area contributed by atoms with Gasteiger partial charge in [0.25, 0.3) is 5.69 Å². The van der Waals surface area contributed by atoms with Crippen molar-refractivity contribution in [3.63, 3.8) is 0 Å². The largest absolute Gasteiger partial charge is 0.497 e. The number of benzene rings is 2. The predicted molar refractivity (Wildman–Crippen MR) is 98.2 cm³/mol. The first-order valence-electron chi connectivity index (χ1n) is 8.43. The van der Waals surface area contributed by atoms with Crippen molar-refractivity contribution in [1.82, 2.24) is 4.90 Å². The van der Waals surface area contributed by atoms with Crippen LogP contribution in [0.5, 0.6) is 5.75 Å². The summed E-state index contributed by atoms with van der Waals surface area (Å²) in [5.74, 6) is -0.703. The van der Waals surface area contributed by atoms with Gasteiger partial charge in [-0.2, -0.15) is 0 Å². The zero-order valence-electron chi connectivity index (χ0n) is 14.8. The highest BCUT2D eigenvalue weighted by Crippen LogP contribution is 2.30. The van der Waals surface area contributed by atoms with Gasteiger partial charge in [-0.3, -0.25) is 19.7 Å². The molecule has 0 saturated carbocycles. The molecule has 0 bridgehead atoms. The van der Waals surface area contributed by atoms with Crippen molar-refractivity contribution in [1.29, 1.82) is 0 Å². The maximum absolute atomic E-state index is 12.6. The van der Waals surface area contributed by atoms with E-state index in [-0.39, 0.29) is 30.2 Å². The minimum atomic E-state index is -0.573. The van der Waals surface area contributed by atoms with E-state index in [1.165, 1.54) is 25.3 Å². The molecule has 0 aliphatic carbocycles. The average molecular weight is 369 g/mol. The van der Waals surface area contributed by atoms with E-state index in [0.717, 1.165) is 5.56 Å². The highest BCUT2D eigenvalue weighted by atomic mass is 16.6. The van der Waals surface area contributed by atoms with E-state index in [1.54, 1.807) is 4.90 Å². The van der Waals surface area contributed by atoms with Crippen LogP contribution in [0.1, 0.15) is 12.0 Å². The Morgan fingerprint density at radius 3 is 2.70 bits per heavy atom. The number of carbonyl (C=O) groups is 2. The molecule has 27 heavy (non-hydrogen) atoms. The molecule has 1 fully saturated rings. The number of nitro groups is 1. The van der Waals surface area contributed by atoms with Crippen molar-refractivity contribution >= 4 is 23.2 Å². The molecule has 1 heterocycles. The van der Waals surface area contributed by atoms with Gasteiger partial charge >= 0.3 is 0 Å². The molecule has 1 aliphatic heterocycles. The molecule has 0 aromatic heterocycles. The Hall–Kier alpha value is -3.42. The number of hydrogen-bond donors (Lipinski definition) is 1. The van der Waals surface area contributed by atoms with E-state index in [0.29, 0.717) is 12.3 Å². The van der Waals surface area contributed by atoms with Crippen molar-refractivity contribution in [3.05, 3.63) is 64.2 Å². The second kappa shape index (κ2) is 7.86. The summed E-state index contributed by atoms with van der Waals surface area (Å²) in [5, 5.41) is 13.8. The Bertz CT molecular complexity index is 869. The van der Waals surface area contributed by atoms with Crippen molar-refractivity contribution in [2.45, 2.75) is 13.0 Å². The fraction of sp³-hybridized carbons (Fsp3) is 0.263. The van der Waals surface area contributed by atoms with E-state index in [2.05, 4.69) is 5.32 Å². The van der Waals surface area contributed by atoms with Gasteiger partial charge in [0.2, 0.25) is 11.8 Å². The molecule has 0 radical (unpaired) electrons. The van der Waals surface area contributed by atoms with Crippen LogP contribution in [0.25, 0.3) is 0 Å². The summed E-state index contributed by atoms with van der Waals surface area (Å²) in [6.45, 7) is 0.708. The van der Waals surface area contributed by atoms with Crippen LogP contribution < -0.4 is 10.1 Å². The van der Waals surface area contributed by atoms with E-state index < -0.39 is 16.7 Å². The van der Waals surface area contributed by atoms with Crippen LogP contribution >= 0.6 is 0 Å². The quantitative estimate of drug-likeness (QED) is 0.623. The van der Waals surface area contributed by atoms with E-state index in [1.807, 2.05) is 30.3 Å². The standard InChI is InChI=1S/C19H19N3O5/c1-27-15-7-8-17(22(25)26)16(10-15)20-19(24)14-9-18(23)21(12-14)11-13-5-3-2-4-6-13/h2-8,10,14H,9,11-12H2,1H3,(H,20,24)/t14-/m1/s1. The number of hydrogen-bond acceptors (Lipinski definition) is 5. The number of carbonyl (C=O) groups excluding carboxylic acids is 2. The van der Waals surface area contributed by atoms with Crippen molar-refractivity contribution in [3.8, 4) is 5.75 Å². The minimum Gasteiger partial charge on any atom is -0.497 e. The third-order valence-electron chi connectivity index (χ3n) is 4.46. The second-order valence-corrected chi connectivity index (χ2v) is 6.29. The number of nitrogens with zero attached hydrogens (tertiary/aromatic N) is 2. The first kappa shape index (κ1) is 18.4. The van der Waals surface area contributed by atoms with Crippen LogP contribution in [-0.2, 0) is 16.1 Å². The molecule has 1 N–H and O–H groups in total. The van der Waals surface area contributed by atoms with Gasteiger partial charge < -0.3 is 15.0 Å². The predicted octanol–water partition coefficient (Wildman–Crippen LogP) is 2.59. The summed E-state index contributed by atoms with van der Waals surface area (Å²) in [5.41, 5.74) is 0.809. The minimum absolute atomic E-state index is 0.0540. The molecule has 2 aromatic rings. The van der Waals surface area contributed by atoms with Gasteiger partial charge in [-0.25, -0.2) is 0 Å². The third-order valence-corrected chi connectivity index (χ3v) is 4.46. The number of amides is 2. The van der Waals surface area contributed by atoms with Gasteiger partial charge in [0.1, 0.15) is 11.4 Å². The van der Waals surface area contributed by atoms with Gasteiger partial charge in [0, 0.05) is 31.6 Å². The first-order valence-corrected chi connectivity index (χ1v) is 8.43. The van der Waals surface area contributed by atoms with Crippen molar-refractivity contribution in [2.24, 2.45) is 5.92 Å². The molecule has 1 saturated heterocycles. The Morgan fingerprint density at radius 2 is 2.04 bits per heavy atom. The molecule has 0 spiro atoms.